The lowest BCUT2D eigenvalue weighted by atomic mass is 10.3. The molecule has 0 aliphatic rings. The van der Waals surface area contributed by atoms with E-state index in [4.69, 9.17) is 14.2 Å². The van der Waals surface area contributed by atoms with Gasteiger partial charge in [0.1, 0.15) is 30.0 Å². The zero-order valence-corrected chi connectivity index (χ0v) is 12.8. The standard InChI is InChI=1S/C17H21NO4/c1-20-15-5-3-13(4-6-15)18-11-14(19)12-22-17-9-7-16(21-2)8-10-17/h3-10,14,18-19H,11-12H2,1-2H3. The van der Waals surface area contributed by atoms with E-state index in [1.807, 2.05) is 48.5 Å². The van der Waals surface area contributed by atoms with Gasteiger partial charge in [-0.1, -0.05) is 0 Å². The van der Waals surface area contributed by atoms with Gasteiger partial charge >= 0.3 is 0 Å². The van der Waals surface area contributed by atoms with Gasteiger partial charge in [0.2, 0.25) is 0 Å². The first kappa shape index (κ1) is 16.0. The van der Waals surface area contributed by atoms with Gasteiger partial charge in [0, 0.05) is 12.2 Å². The molecular weight excluding hydrogens is 282 g/mol. The number of hydrogen-bond donors (Lipinski definition) is 2. The largest absolute Gasteiger partial charge is 0.497 e. The van der Waals surface area contributed by atoms with Crippen molar-refractivity contribution in [2.45, 2.75) is 6.10 Å². The molecular formula is C17H21NO4. The maximum absolute atomic E-state index is 9.94. The Labute approximate surface area is 130 Å². The highest BCUT2D eigenvalue weighted by Gasteiger charge is 2.05. The van der Waals surface area contributed by atoms with Crippen molar-refractivity contribution in [1.29, 1.82) is 0 Å². The summed E-state index contributed by atoms with van der Waals surface area (Å²) in [5, 5.41) is 13.1. The molecule has 118 valence electrons. The highest BCUT2D eigenvalue weighted by Crippen LogP contribution is 2.17. The Morgan fingerprint density at radius 1 is 0.864 bits per heavy atom. The van der Waals surface area contributed by atoms with E-state index in [2.05, 4.69) is 5.32 Å². The first-order chi connectivity index (χ1) is 10.7. The van der Waals surface area contributed by atoms with E-state index >= 15 is 0 Å². The van der Waals surface area contributed by atoms with Gasteiger partial charge in [0.15, 0.2) is 0 Å². The van der Waals surface area contributed by atoms with Gasteiger partial charge in [-0.25, -0.2) is 0 Å². The number of aliphatic hydroxyl groups excluding tert-OH is 1. The van der Waals surface area contributed by atoms with Crippen LogP contribution in [-0.4, -0.2) is 38.6 Å². The van der Waals surface area contributed by atoms with Gasteiger partial charge in [-0.15, -0.1) is 0 Å². The summed E-state index contributed by atoms with van der Waals surface area (Å²) in [6.45, 7) is 0.623. The van der Waals surface area contributed by atoms with Crippen molar-refractivity contribution in [3.05, 3.63) is 48.5 Å². The van der Waals surface area contributed by atoms with Gasteiger partial charge in [0.25, 0.3) is 0 Å². The summed E-state index contributed by atoms with van der Waals surface area (Å²) in [6.07, 6.45) is -0.607. The van der Waals surface area contributed by atoms with Crippen LogP contribution >= 0.6 is 0 Å². The van der Waals surface area contributed by atoms with Gasteiger partial charge in [-0.2, -0.15) is 0 Å². The molecule has 22 heavy (non-hydrogen) atoms. The van der Waals surface area contributed by atoms with E-state index in [9.17, 15) is 5.11 Å². The van der Waals surface area contributed by atoms with Crippen molar-refractivity contribution in [1.82, 2.24) is 0 Å². The van der Waals surface area contributed by atoms with Crippen LogP contribution in [0, 0.1) is 0 Å². The van der Waals surface area contributed by atoms with Crippen LogP contribution in [0.2, 0.25) is 0 Å². The molecule has 0 aliphatic carbocycles. The molecule has 0 aliphatic heterocycles. The third-order valence-electron chi connectivity index (χ3n) is 3.13. The quantitative estimate of drug-likeness (QED) is 0.785. The minimum Gasteiger partial charge on any atom is -0.497 e. The number of nitrogens with one attached hydrogen (secondary N) is 1. The first-order valence-corrected chi connectivity index (χ1v) is 7.04. The normalized spacial score (nSPS) is 11.6. The number of hydrogen-bond acceptors (Lipinski definition) is 5. The highest BCUT2D eigenvalue weighted by molar-refractivity contribution is 5.46. The fourth-order valence-electron chi connectivity index (χ4n) is 1.87. The SMILES string of the molecule is COc1ccc(NCC(O)COc2ccc(OC)cc2)cc1. The lowest BCUT2D eigenvalue weighted by molar-refractivity contribution is 0.117. The average Bonchev–Trinajstić information content (AvgIpc) is 2.59. The van der Waals surface area contributed by atoms with Crippen LogP contribution in [-0.2, 0) is 0 Å². The van der Waals surface area contributed by atoms with Crippen molar-refractivity contribution in [3.63, 3.8) is 0 Å². The fourth-order valence-corrected chi connectivity index (χ4v) is 1.87. The van der Waals surface area contributed by atoms with E-state index < -0.39 is 6.10 Å². The maximum Gasteiger partial charge on any atom is 0.119 e. The molecule has 5 heteroatoms. The second kappa shape index (κ2) is 8.14. The van der Waals surface area contributed by atoms with E-state index in [1.54, 1.807) is 14.2 Å². The number of aliphatic hydroxyl groups is 1. The zero-order valence-electron chi connectivity index (χ0n) is 12.8. The molecule has 0 spiro atoms. The summed E-state index contributed by atoms with van der Waals surface area (Å²) in [7, 11) is 3.24. The lowest BCUT2D eigenvalue weighted by Gasteiger charge is -2.14. The summed E-state index contributed by atoms with van der Waals surface area (Å²) < 4.78 is 15.7. The van der Waals surface area contributed by atoms with Crippen molar-refractivity contribution in [3.8, 4) is 17.2 Å². The van der Waals surface area contributed by atoms with Gasteiger partial charge in [0.05, 0.1) is 14.2 Å². The smallest absolute Gasteiger partial charge is 0.119 e. The number of rotatable bonds is 8. The molecule has 2 aromatic rings. The van der Waals surface area contributed by atoms with Crippen LogP contribution in [0.5, 0.6) is 17.2 Å². The summed E-state index contributed by atoms with van der Waals surface area (Å²) in [5.41, 5.74) is 0.921. The Kier molecular flexibility index (Phi) is 5.91. The molecule has 0 saturated carbocycles. The van der Waals surface area contributed by atoms with Crippen molar-refractivity contribution in [2.24, 2.45) is 0 Å². The lowest BCUT2D eigenvalue weighted by Crippen LogP contribution is -2.26. The topological polar surface area (TPSA) is 60.0 Å². The predicted molar refractivity (Wildman–Crippen MR) is 86.0 cm³/mol. The third-order valence-corrected chi connectivity index (χ3v) is 3.13. The first-order valence-electron chi connectivity index (χ1n) is 7.04. The number of anilines is 1. The van der Waals surface area contributed by atoms with Crippen LogP contribution in [0.1, 0.15) is 0 Å². The molecule has 2 rings (SSSR count). The average molecular weight is 303 g/mol. The predicted octanol–water partition coefficient (Wildman–Crippen LogP) is 2.56. The maximum atomic E-state index is 9.94. The Morgan fingerprint density at radius 2 is 1.36 bits per heavy atom. The van der Waals surface area contributed by atoms with E-state index in [-0.39, 0.29) is 6.61 Å². The minimum absolute atomic E-state index is 0.218. The second-order valence-electron chi connectivity index (χ2n) is 4.75. The molecule has 0 bridgehead atoms. The zero-order chi connectivity index (χ0) is 15.8. The van der Waals surface area contributed by atoms with E-state index in [1.165, 1.54) is 0 Å². The Bertz CT molecular complexity index is 502. The molecule has 2 aromatic carbocycles. The Balaban J connectivity index is 1.73. The molecule has 0 heterocycles. The Morgan fingerprint density at radius 3 is 1.91 bits per heavy atom. The molecule has 0 radical (unpaired) electrons. The summed E-state index contributed by atoms with van der Waals surface area (Å²) in [5.74, 6) is 2.27. The fraction of sp³-hybridized carbons (Fsp3) is 0.294. The molecule has 1 atom stereocenters. The molecule has 0 amide bonds. The van der Waals surface area contributed by atoms with Crippen LogP contribution in [0.3, 0.4) is 0 Å². The van der Waals surface area contributed by atoms with Gasteiger partial charge < -0.3 is 24.6 Å². The van der Waals surface area contributed by atoms with Gasteiger partial charge in [-0.05, 0) is 48.5 Å². The van der Waals surface area contributed by atoms with Crippen LogP contribution in [0.25, 0.3) is 0 Å². The highest BCUT2D eigenvalue weighted by atomic mass is 16.5. The Hall–Kier alpha value is -2.40. The monoisotopic (exact) mass is 303 g/mol. The molecule has 1 unspecified atom stereocenters. The molecule has 2 N–H and O–H groups in total. The van der Waals surface area contributed by atoms with Crippen LogP contribution < -0.4 is 19.5 Å². The van der Waals surface area contributed by atoms with Crippen molar-refractivity contribution in [2.75, 3.05) is 32.7 Å². The summed E-state index contributed by atoms with van der Waals surface area (Å²) in [4.78, 5) is 0. The van der Waals surface area contributed by atoms with Crippen molar-refractivity contribution < 1.29 is 19.3 Å². The molecule has 0 fully saturated rings. The number of benzene rings is 2. The number of methoxy groups -OCH3 is 2. The second-order valence-corrected chi connectivity index (χ2v) is 4.75. The van der Waals surface area contributed by atoms with E-state index in [0.717, 1.165) is 17.2 Å². The molecule has 0 saturated heterocycles. The number of ether oxygens (including phenoxy) is 3. The molecule has 5 nitrogen and oxygen atoms in total. The van der Waals surface area contributed by atoms with Crippen LogP contribution in [0.15, 0.2) is 48.5 Å². The molecule has 0 aromatic heterocycles. The summed E-state index contributed by atoms with van der Waals surface area (Å²) in [6, 6.07) is 14.8. The van der Waals surface area contributed by atoms with Gasteiger partial charge in [-0.3, -0.25) is 0 Å². The van der Waals surface area contributed by atoms with Crippen LogP contribution in [0.4, 0.5) is 5.69 Å². The van der Waals surface area contributed by atoms with E-state index in [0.29, 0.717) is 12.3 Å². The third kappa shape index (κ3) is 4.86. The van der Waals surface area contributed by atoms with Crippen molar-refractivity contribution >= 4 is 5.69 Å². The minimum atomic E-state index is -0.607. The summed E-state index contributed by atoms with van der Waals surface area (Å²) >= 11 is 0.